The first kappa shape index (κ1) is 18.0. The van der Waals surface area contributed by atoms with Crippen molar-refractivity contribution in [2.45, 2.75) is 20.8 Å². The molecule has 0 unspecified atom stereocenters. The average molecular weight is 321 g/mol. The van der Waals surface area contributed by atoms with E-state index in [-0.39, 0.29) is 17.7 Å². The Morgan fingerprint density at radius 2 is 1.83 bits per heavy atom. The molecule has 0 spiro atoms. The van der Waals surface area contributed by atoms with Crippen molar-refractivity contribution in [3.8, 4) is 0 Å². The lowest BCUT2D eigenvalue weighted by Crippen LogP contribution is -2.19. The van der Waals surface area contributed by atoms with Gasteiger partial charge in [0, 0.05) is 24.9 Å². The van der Waals surface area contributed by atoms with E-state index in [0.717, 1.165) is 20.0 Å². The molecular weight excluding hydrogens is 306 g/mol. The van der Waals surface area contributed by atoms with Crippen molar-refractivity contribution in [2.24, 2.45) is 0 Å². The number of carboxylic acid groups (broad SMARTS) is 1. The fraction of sp³-hybridized carbons (Fsp3) is 0.267. The number of nitrogens with zero attached hydrogens (tertiary/aromatic N) is 1. The molecule has 1 rings (SSSR count). The van der Waals surface area contributed by atoms with Gasteiger partial charge in [-0.05, 0) is 19.9 Å². The normalized spacial score (nSPS) is 11.3. The van der Waals surface area contributed by atoms with Crippen LogP contribution >= 0.6 is 0 Å². The van der Waals surface area contributed by atoms with Crippen LogP contribution in [0.5, 0.6) is 0 Å². The van der Waals surface area contributed by atoms with Crippen LogP contribution in [0.15, 0.2) is 24.0 Å². The molecule has 0 saturated heterocycles. The Labute approximate surface area is 131 Å². The average Bonchev–Trinajstić information content (AvgIpc) is 2.46. The van der Waals surface area contributed by atoms with E-state index >= 15 is 0 Å². The van der Waals surface area contributed by atoms with Crippen LogP contribution in [0.25, 0.3) is 5.76 Å². The van der Waals surface area contributed by atoms with E-state index in [4.69, 9.17) is 9.47 Å². The topological polar surface area (TPSA) is 120 Å². The van der Waals surface area contributed by atoms with Crippen LogP contribution in [-0.4, -0.2) is 40.4 Å². The number of pyridine rings is 1. The first-order valence-corrected chi connectivity index (χ1v) is 6.58. The lowest BCUT2D eigenvalue weighted by atomic mass is 10.0. The van der Waals surface area contributed by atoms with E-state index in [1.807, 2.05) is 0 Å². The van der Waals surface area contributed by atoms with Gasteiger partial charge in [0.25, 0.3) is 0 Å². The van der Waals surface area contributed by atoms with Gasteiger partial charge in [0.15, 0.2) is 11.5 Å². The lowest BCUT2D eigenvalue weighted by molar-refractivity contribution is -0.140. The zero-order chi connectivity index (χ0) is 17.6. The number of rotatable bonds is 6. The third kappa shape index (κ3) is 4.47. The van der Waals surface area contributed by atoms with Crippen LogP contribution in [0, 0.1) is 0 Å². The largest absolute Gasteiger partial charge is 0.478 e. The predicted octanol–water partition coefficient (Wildman–Crippen LogP) is 1.21. The molecular formula is C15H15NO7. The van der Waals surface area contributed by atoms with E-state index < -0.39 is 35.0 Å². The zero-order valence-corrected chi connectivity index (χ0v) is 12.8. The second-order valence-corrected chi connectivity index (χ2v) is 4.30. The standard InChI is InChI=1S/C15H15NO7/c1-4-22-15(21)12(8(2)17)13(23-9(3)18)10-5-6-16-7-11(10)14(19)20/h5-7H,4H2,1-3H3,(H,19,20)/b13-12-. The molecule has 1 aromatic heterocycles. The van der Waals surface area contributed by atoms with Gasteiger partial charge in [-0.2, -0.15) is 0 Å². The van der Waals surface area contributed by atoms with E-state index in [1.165, 1.54) is 19.2 Å². The highest BCUT2D eigenvalue weighted by molar-refractivity contribution is 6.22. The minimum atomic E-state index is -1.36. The summed E-state index contributed by atoms with van der Waals surface area (Å²) in [5.41, 5.74) is -0.997. The molecule has 0 saturated carbocycles. The van der Waals surface area contributed by atoms with Gasteiger partial charge in [0.2, 0.25) is 0 Å². The summed E-state index contributed by atoms with van der Waals surface area (Å²) in [6, 6.07) is 1.23. The quantitative estimate of drug-likeness (QED) is 0.273. The van der Waals surface area contributed by atoms with Gasteiger partial charge in [-0.25, -0.2) is 9.59 Å². The summed E-state index contributed by atoms with van der Waals surface area (Å²) in [4.78, 5) is 50.1. The lowest BCUT2D eigenvalue weighted by Gasteiger charge is -2.14. The van der Waals surface area contributed by atoms with E-state index in [9.17, 15) is 24.3 Å². The van der Waals surface area contributed by atoms with Gasteiger partial charge >= 0.3 is 17.9 Å². The third-order valence-corrected chi connectivity index (χ3v) is 2.60. The Bertz CT molecular complexity index is 691. The molecule has 0 aliphatic carbocycles. The minimum absolute atomic E-state index is 0.00883. The fourth-order valence-electron chi connectivity index (χ4n) is 1.75. The van der Waals surface area contributed by atoms with Crippen LogP contribution in [-0.2, 0) is 23.9 Å². The summed E-state index contributed by atoms with van der Waals surface area (Å²) >= 11 is 0. The molecule has 122 valence electrons. The maximum Gasteiger partial charge on any atom is 0.345 e. The molecule has 1 N–H and O–H groups in total. The smallest absolute Gasteiger partial charge is 0.345 e. The molecule has 0 atom stereocenters. The maximum atomic E-state index is 12.0. The number of hydrogen-bond donors (Lipinski definition) is 1. The molecule has 0 amide bonds. The summed E-state index contributed by atoms with van der Waals surface area (Å²) in [6.07, 6.45) is 2.26. The second-order valence-electron chi connectivity index (χ2n) is 4.30. The van der Waals surface area contributed by atoms with Crippen molar-refractivity contribution in [3.05, 3.63) is 35.2 Å². The summed E-state index contributed by atoms with van der Waals surface area (Å²) in [7, 11) is 0. The molecule has 1 aromatic rings. The molecule has 0 bridgehead atoms. The van der Waals surface area contributed by atoms with Crippen molar-refractivity contribution < 1.29 is 33.8 Å². The number of carbonyl (C=O) groups excluding carboxylic acids is 3. The molecule has 0 radical (unpaired) electrons. The number of ether oxygens (including phenoxy) is 2. The first-order chi connectivity index (χ1) is 10.8. The Hall–Kier alpha value is -3.03. The van der Waals surface area contributed by atoms with Crippen LogP contribution in [0.3, 0.4) is 0 Å². The number of aromatic carboxylic acids is 1. The van der Waals surface area contributed by atoms with Crippen molar-refractivity contribution >= 4 is 29.5 Å². The van der Waals surface area contributed by atoms with Crippen LogP contribution in [0.1, 0.15) is 36.7 Å². The fourth-order valence-corrected chi connectivity index (χ4v) is 1.75. The van der Waals surface area contributed by atoms with Crippen LogP contribution < -0.4 is 0 Å². The number of aromatic nitrogens is 1. The van der Waals surface area contributed by atoms with E-state index in [2.05, 4.69) is 4.98 Å². The highest BCUT2D eigenvalue weighted by atomic mass is 16.5. The van der Waals surface area contributed by atoms with Gasteiger partial charge in [0.05, 0.1) is 12.2 Å². The number of ketones is 1. The predicted molar refractivity (Wildman–Crippen MR) is 77.2 cm³/mol. The van der Waals surface area contributed by atoms with E-state index in [0.29, 0.717) is 0 Å². The summed E-state index contributed by atoms with van der Waals surface area (Å²) < 4.78 is 9.72. The number of esters is 2. The Morgan fingerprint density at radius 3 is 2.30 bits per heavy atom. The van der Waals surface area contributed by atoms with E-state index in [1.54, 1.807) is 0 Å². The summed E-state index contributed by atoms with van der Waals surface area (Å²) in [5.74, 6) is -4.39. The summed E-state index contributed by atoms with van der Waals surface area (Å²) in [6.45, 7) is 3.67. The Morgan fingerprint density at radius 1 is 1.17 bits per heavy atom. The Balaban J connectivity index is 3.70. The zero-order valence-electron chi connectivity index (χ0n) is 12.8. The first-order valence-electron chi connectivity index (χ1n) is 6.58. The second kappa shape index (κ2) is 7.83. The molecule has 0 aromatic carbocycles. The molecule has 8 heteroatoms. The number of Topliss-reactive ketones (excluding diaryl/α,β-unsaturated/α-hetero) is 1. The molecule has 23 heavy (non-hydrogen) atoms. The molecule has 0 aliphatic rings. The molecule has 8 nitrogen and oxygen atoms in total. The van der Waals surface area contributed by atoms with Crippen molar-refractivity contribution in [1.29, 1.82) is 0 Å². The van der Waals surface area contributed by atoms with Gasteiger partial charge in [0.1, 0.15) is 5.57 Å². The number of hydrogen-bond acceptors (Lipinski definition) is 7. The highest BCUT2D eigenvalue weighted by Crippen LogP contribution is 2.25. The number of carbonyl (C=O) groups is 4. The Kier molecular flexibility index (Phi) is 6.13. The maximum absolute atomic E-state index is 12.0. The monoisotopic (exact) mass is 321 g/mol. The van der Waals surface area contributed by atoms with Gasteiger partial charge in [-0.3, -0.25) is 14.6 Å². The van der Waals surface area contributed by atoms with Crippen LogP contribution in [0.4, 0.5) is 0 Å². The van der Waals surface area contributed by atoms with Crippen molar-refractivity contribution in [3.63, 3.8) is 0 Å². The summed E-state index contributed by atoms with van der Waals surface area (Å²) in [5, 5.41) is 9.21. The third-order valence-electron chi connectivity index (χ3n) is 2.60. The van der Waals surface area contributed by atoms with Crippen molar-refractivity contribution in [1.82, 2.24) is 4.98 Å². The van der Waals surface area contributed by atoms with Crippen LogP contribution in [0.2, 0.25) is 0 Å². The van der Waals surface area contributed by atoms with Gasteiger partial charge in [-0.15, -0.1) is 0 Å². The van der Waals surface area contributed by atoms with Crippen molar-refractivity contribution in [2.75, 3.05) is 6.61 Å². The SMILES string of the molecule is CCOC(=O)/C(C(C)=O)=C(\OC(C)=O)c1ccncc1C(=O)O. The number of carboxylic acids is 1. The molecule has 1 heterocycles. The van der Waals surface area contributed by atoms with Gasteiger partial charge < -0.3 is 14.6 Å². The molecule has 0 fully saturated rings. The minimum Gasteiger partial charge on any atom is -0.478 e. The highest BCUT2D eigenvalue weighted by Gasteiger charge is 2.28. The molecule has 0 aliphatic heterocycles. The van der Waals surface area contributed by atoms with Gasteiger partial charge in [-0.1, -0.05) is 0 Å².